The number of carbonyl (C=O) groups excluding carboxylic acids is 2. The molecule has 192 valence electrons. The van der Waals surface area contributed by atoms with Crippen molar-refractivity contribution in [2.45, 2.75) is 19.5 Å². The van der Waals surface area contributed by atoms with Crippen molar-refractivity contribution in [1.29, 1.82) is 5.41 Å². The average molecular weight is 546 g/mol. The van der Waals surface area contributed by atoms with Gasteiger partial charge in [0.1, 0.15) is 5.69 Å². The number of ketones is 1. The first-order chi connectivity index (χ1) is 18.3. The number of nitrogens with zero attached hydrogens (tertiary/aromatic N) is 4. The monoisotopic (exact) mass is 545 g/mol. The summed E-state index contributed by atoms with van der Waals surface area (Å²) in [4.78, 5) is 32.1. The molecule has 0 radical (unpaired) electrons. The van der Waals surface area contributed by atoms with Gasteiger partial charge in [-0.15, -0.1) is 0 Å². The van der Waals surface area contributed by atoms with E-state index in [1.165, 1.54) is 0 Å². The predicted octanol–water partition coefficient (Wildman–Crippen LogP) is 5.82. The molecule has 0 aliphatic rings. The number of Topliss-reactive ketones (excluding diaryl/α,β-unsaturated/α-hetero) is 1. The van der Waals surface area contributed by atoms with Gasteiger partial charge in [0.25, 0.3) is 5.91 Å². The Bertz CT molecular complexity index is 1720. The zero-order chi connectivity index (χ0) is 26.8. The Balaban J connectivity index is 1.34. The highest BCUT2D eigenvalue weighted by molar-refractivity contribution is 6.35. The molecule has 0 aliphatic heterocycles. The molecule has 0 unspecified atom stereocenters. The molecule has 2 heterocycles. The molecule has 2 aromatic heterocycles. The number of amides is 1. The van der Waals surface area contributed by atoms with Gasteiger partial charge in [-0.1, -0.05) is 53.5 Å². The molecule has 0 bridgehead atoms. The summed E-state index contributed by atoms with van der Waals surface area (Å²) in [6.45, 7) is 0.904. The molecule has 1 N–H and O–H groups in total. The lowest BCUT2D eigenvalue weighted by molar-refractivity contribution is 0.0786. The zero-order valence-electron chi connectivity index (χ0n) is 20.7. The van der Waals surface area contributed by atoms with Crippen LogP contribution in [-0.4, -0.2) is 44.3 Å². The summed E-state index contributed by atoms with van der Waals surface area (Å²) < 4.78 is 3.45. The van der Waals surface area contributed by atoms with Crippen LogP contribution in [-0.2, 0) is 13.1 Å². The number of hydrogen-bond donors (Lipinski definition) is 1. The van der Waals surface area contributed by atoms with Crippen molar-refractivity contribution < 1.29 is 9.59 Å². The van der Waals surface area contributed by atoms with Crippen molar-refractivity contribution >= 4 is 56.8 Å². The molecule has 38 heavy (non-hydrogen) atoms. The van der Waals surface area contributed by atoms with Crippen LogP contribution >= 0.6 is 23.2 Å². The van der Waals surface area contributed by atoms with Gasteiger partial charge in [0.05, 0.1) is 28.1 Å². The number of hydrogen-bond acceptors (Lipinski definition) is 4. The van der Waals surface area contributed by atoms with Crippen molar-refractivity contribution in [2.24, 2.45) is 0 Å². The van der Waals surface area contributed by atoms with Crippen molar-refractivity contribution in [1.82, 2.24) is 19.0 Å². The number of fused-ring (bicyclic) bond motifs is 2. The van der Waals surface area contributed by atoms with Crippen LogP contribution in [0.2, 0.25) is 10.0 Å². The normalized spacial score (nSPS) is 11.2. The number of pyridine rings is 1. The maximum absolute atomic E-state index is 13.0. The Morgan fingerprint density at radius 1 is 0.921 bits per heavy atom. The molecule has 5 rings (SSSR count). The Kier molecular flexibility index (Phi) is 7.31. The molecule has 3 aromatic carbocycles. The maximum atomic E-state index is 13.0. The largest absolute Gasteiger partial charge is 0.340 e. The molecular weight excluding hydrogens is 521 g/mol. The van der Waals surface area contributed by atoms with Crippen molar-refractivity contribution in [3.63, 3.8) is 0 Å². The third-order valence-corrected chi connectivity index (χ3v) is 7.10. The number of halogens is 2. The summed E-state index contributed by atoms with van der Waals surface area (Å²) in [5.41, 5.74) is 3.24. The Morgan fingerprint density at radius 3 is 2.47 bits per heavy atom. The molecule has 0 atom stereocenters. The number of aryl methyl sites for hydroxylation is 1. The molecular formula is C29H25Cl2N5O2. The highest BCUT2D eigenvalue weighted by Crippen LogP contribution is 2.23. The minimum absolute atomic E-state index is 0.00364. The summed E-state index contributed by atoms with van der Waals surface area (Å²) in [5.74, 6) is -0.298. The summed E-state index contributed by atoms with van der Waals surface area (Å²) in [7, 11) is 1.74. The lowest BCUT2D eigenvalue weighted by Gasteiger charge is -2.17. The molecule has 0 aliphatic carbocycles. The quantitative estimate of drug-likeness (QED) is 0.249. The van der Waals surface area contributed by atoms with Crippen LogP contribution in [0, 0.1) is 5.41 Å². The minimum Gasteiger partial charge on any atom is -0.340 e. The van der Waals surface area contributed by atoms with Crippen LogP contribution in [0.1, 0.15) is 27.3 Å². The highest BCUT2D eigenvalue weighted by atomic mass is 35.5. The van der Waals surface area contributed by atoms with E-state index in [2.05, 4.69) is 4.98 Å². The molecule has 0 fully saturated rings. The van der Waals surface area contributed by atoms with E-state index in [0.29, 0.717) is 51.8 Å². The van der Waals surface area contributed by atoms with Crippen LogP contribution in [0.15, 0.2) is 78.9 Å². The van der Waals surface area contributed by atoms with E-state index in [9.17, 15) is 9.59 Å². The highest BCUT2D eigenvalue weighted by Gasteiger charge is 2.18. The minimum atomic E-state index is -0.166. The van der Waals surface area contributed by atoms with Crippen LogP contribution in [0.4, 0.5) is 0 Å². The van der Waals surface area contributed by atoms with Crippen molar-refractivity contribution in [2.75, 3.05) is 13.6 Å². The van der Waals surface area contributed by atoms with E-state index in [0.717, 1.165) is 10.9 Å². The van der Waals surface area contributed by atoms with Gasteiger partial charge in [-0.3, -0.25) is 15.0 Å². The first-order valence-corrected chi connectivity index (χ1v) is 12.9. The van der Waals surface area contributed by atoms with Gasteiger partial charge in [-0.05, 0) is 55.0 Å². The standard InChI is InChI=1S/C29H25Cl2N5O2/c1-34(28(38)24-15-12-19-6-2-3-8-23(19)33-24)16-5-17-35-27-22(31)7-4-9-25(27)36(29(35)32)18-26(37)20-10-13-21(30)14-11-20/h2-4,6-15,32H,5,16-18H2,1H3. The number of rotatable bonds is 8. The molecule has 0 saturated carbocycles. The van der Waals surface area contributed by atoms with Crippen molar-refractivity contribution in [3.05, 3.63) is 106 Å². The summed E-state index contributed by atoms with van der Waals surface area (Å²) >= 11 is 12.5. The van der Waals surface area contributed by atoms with Crippen LogP contribution < -0.4 is 5.62 Å². The van der Waals surface area contributed by atoms with Crippen LogP contribution in [0.25, 0.3) is 21.9 Å². The number of nitrogens with one attached hydrogen (secondary N) is 1. The lowest BCUT2D eigenvalue weighted by atomic mass is 10.1. The van der Waals surface area contributed by atoms with Gasteiger partial charge < -0.3 is 14.0 Å². The molecule has 0 spiro atoms. The third kappa shape index (κ3) is 5.08. The van der Waals surface area contributed by atoms with E-state index >= 15 is 0 Å². The van der Waals surface area contributed by atoms with Gasteiger partial charge in [0.2, 0.25) is 5.62 Å². The SMILES string of the molecule is CN(CCCn1c(=N)n(CC(=O)c2ccc(Cl)cc2)c2cccc(Cl)c21)C(=O)c1ccc2ccccc2n1. The third-order valence-electron chi connectivity index (χ3n) is 6.54. The summed E-state index contributed by atoms with van der Waals surface area (Å²) in [6.07, 6.45) is 0.585. The maximum Gasteiger partial charge on any atom is 0.272 e. The fraction of sp³-hybridized carbons (Fsp3) is 0.172. The smallest absolute Gasteiger partial charge is 0.272 e. The average Bonchev–Trinajstić information content (AvgIpc) is 3.19. The molecule has 5 aromatic rings. The van der Waals surface area contributed by atoms with Crippen molar-refractivity contribution in [3.8, 4) is 0 Å². The summed E-state index contributed by atoms with van der Waals surface area (Å²) in [5, 5.41) is 10.9. The number of aromatic nitrogens is 3. The number of para-hydroxylation sites is 2. The first-order valence-electron chi connectivity index (χ1n) is 12.2. The molecule has 9 heteroatoms. The second-order valence-corrected chi connectivity index (χ2v) is 9.91. The first kappa shape index (κ1) is 25.7. The van der Waals surface area contributed by atoms with E-state index in [4.69, 9.17) is 28.6 Å². The molecule has 7 nitrogen and oxygen atoms in total. The Labute approximate surface area is 229 Å². The molecule has 1 amide bonds. The number of carbonyl (C=O) groups is 2. The summed E-state index contributed by atoms with van der Waals surface area (Å²) in [6, 6.07) is 23.4. The van der Waals surface area contributed by atoms with Gasteiger partial charge in [0.15, 0.2) is 5.78 Å². The fourth-order valence-electron chi connectivity index (χ4n) is 4.55. The topological polar surface area (TPSA) is 84.0 Å². The fourth-order valence-corrected chi connectivity index (χ4v) is 4.95. The number of imidazole rings is 1. The van der Waals surface area contributed by atoms with Gasteiger partial charge in [-0.25, -0.2) is 4.98 Å². The Morgan fingerprint density at radius 2 is 1.68 bits per heavy atom. The van der Waals surface area contributed by atoms with E-state index in [1.807, 2.05) is 36.4 Å². The second kappa shape index (κ2) is 10.8. The number of benzene rings is 3. The van der Waals surface area contributed by atoms with E-state index < -0.39 is 0 Å². The van der Waals surface area contributed by atoms with Gasteiger partial charge in [-0.2, -0.15) is 0 Å². The lowest BCUT2D eigenvalue weighted by Crippen LogP contribution is -2.31. The Hall–Kier alpha value is -3.94. The predicted molar refractivity (Wildman–Crippen MR) is 150 cm³/mol. The van der Waals surface area contributed by atoms with Crippen LogP contribution in [0.3, 0.4) is 0 Å². The zero-order valence-corrected chi connectivity index (χ0v) is 22.2. The van der Waals surface area contributed by atoms with Gasteiger partial charge >= 0.3 is 0 Å². The van der Waals surface area contributed by atoms with E-state index in [-0.39, 0.29) is 23.9 Å². The second-order valence-electron chi connectivity index (χ2n) is 9.07. The molecule has 0 saturated heterocycles. The van der Waals surface area contributed by atoms with Crippen LogP contribution in [0.5, 0.6) is 0 Å². The van der Waals surface area contributed by atoms with Gasteiger partial charge in [0, 0.05) is 36.1 Å². The van der Waals surface area contributed by atoms with E-state index in [1.54, 1.807) is 63.5 Å².